The average Bonchev–Trinajstić information content (AvgIpc) is 3.41. The SMILES string of the molecule is Cc1cnn2c(C(C)(C)C)cc(C(C)CCc3cc4nc(C(C)(C)C)cc(C5CC5)n4n3)nc12. The Balaban J connectivity index is 1.43. The number of aryl methyl sites for hydroxylation is 2. The van der Waals surface area contributed by atoms with Crippen LogP contribution in [0.5, 0.6) is 0 Å². The van der Waals surface area contributed by atoms with E-state index in [1.165, 1.54) is 24.2 Å². The maximum atomic E-state index is 5.01. The van der Waals surface area contributed by atoms with Gasteiger partial charge >= 0.3 is 0 Å². The highest BCUT2D eigenvalue weighted by Gasteiger charge is 2.29. The Bertz CT molecular complexity index is 1360. The van der Waals surface area contributed by atoms with Crippen LogP contribution in [0.3, 0.4) is 0 Å². The molecular formula is C28H38N6. The third-order valence-electron chi connectivity index (χ3n) is 7.04. The molecule has 0 N–H and O–H groups in total. The fourth-order valence-corrected chi connectivity index (χ4v) is 4.61. The Morgan fingerprint density at radius 1 is 0.971 bits per heavy atom. The van der Waals surface area contributed by atoms with Crippen LogP contribution in [0.4, 0.5) is 0 Å². The van der Waals surface area contributed by atoms with Crippen molar-refractivity contribution < 1.29 is 0 Å². The smallest absolute Gasteiger partial charge is 0.158 e. The zero-order valence-corrected chi connectivity index (χ0v) is 22.0. The molecule has 0 spiro atoms. The predicted octanol–water partition coefficient (Wildman–Crippen LogP) is 6.29. The lowest BCUT2D eigenvalue weighted by Gasteiger charge is -2.22. The molecule has 4 heterocycles. The molecule has 0 radical (unpaired) electrons. The third-order valence-corrected chi connectivity index (χ3v) is 7.04. The molecule has 4 aromatic heterocycles. The fourth-order valence-electron chi connectivity index (χ4n) is 4.61. The molecule has 1 saturated carbocycles. The van der Waals surface area contributed by atoms with Crippen LogP contribution in [-0.2, 0) is 17.3 Å². The molecule has 180 valence electrons. The normalized spacial score (nSPS) is 16.0. The van der Waals surface area contributed by atoms with Crippen molar-refractivity contribution in [1.29, 1.82) is 0 Å². The zero-order valence-electron chi connectivity index (χ0n) is 22.0. The quantitative estimate of drug-likeness (QED) is 0.353. The minimum Gasteiger partial charge on any atom is -0.233 e. The van der Waals surface area contributed by atoms with Gasteiger partial charge in [-0.1, -0.05) is 48.5 Å². The van der Waals surface area contributed by atoms with E-state index in [2.05, 4.69) is 83.2 Å². The van der Waals surface area contributed by atoms with E-state index >= 15 is 0 Å². The highest BCUT2D eigenvalue weighted by Crippen LogP contribution is 2.41. The molecule has 6 heteroatoms. The summed E-state index contributed by atoms with van der Waals surface area (Å²) in [5, 5.41) is 9.58. The summed E-state index contributed by atoms with van der Waals surface area (Å²) in [6.07, 6.45) is 6.34. The van der Waals surface area contributed by atoms with Gasteiger partial charge in [-0.25, -0.2) is 19.0 Å². The number of hydrogen-bond acceptors (Lipinski definition) is 4. The van der Waals surface area contributed by atoms with Gasteiger partial charge < -0.3 is 0 Å². The summed E-state index contributed by atoms with van der Waals surface area (Å²) in [6, 6.07) is 6.72. The molecule has 6 nitrogen and oxygen atoms in total. The molecule has 1 aliphatic carbocycles. The highest BCUT2D eigenvalue weighted by molar-refractivity contribution is 5.48. The lowest BCUT2D eigenvalue weighted by atomic mass is 9.89. The molecule has 0 aliphatic heterocycles. The number of hydrogen-bond donors (Lipinski definition) is 0. The third kappa shape index (κ3) is 4.23. The summed E-state index contributed by atoms with van der Waals surface area (Å²) in [5.41, 5.74) is 9.04. The van der Waals surface area contributed by atoms with Crippen molar-refractivity contribution in [3.63, 3.8) is 0 Å². The number of fused-ring (bicyclic) bond motifs is 2. The summed E-state index contributed by atoms with van der Waals surface area (Å²) in [4.78, 5) is 9.99. The van der Waals surface area contributed by atoms with Crippen LogP contribution in [-0.4, -0.2) is 29.2 Å². The topological polar surface area (TPSA) is 60.4 Å². The van der Waals surface area contributed by atoms with Gasteiger partial charge in [-0.05, 0) is 50.7 Å². The maximum Gasteiger partial charge on any atom is 0.158 e. The molecule has 1 unspecified atom stereocenters. The van der Waals surface area contributed by atoms with Crippen LogP contribution in [0.2, 0.25) is 0 Å². The Morgan fingerprint density at radius 2 is 1.71 bits per heavy atom. The molecule has 1 atom stereocenters. The fraction of sp³-hybridized carbons (Fsp3) is 0.571. The molecule has 1 aliphatic rings. The Morgan fingerprint density at radius 3 is 2.35 bits per heavy atom. The van der Waals surface area contributed by atoms with Gasteiger partial charge in [0.05, 0.1) is 23.3 Å². The highest BCUT2D eigenvalue weighted by atomic mass is 15.3. The van der Waals surface area contributed by atoms with Gasteiger partial charge in [0.15, 0.2) is 11.3 Å². The van der Waals surface area contributed by atoms with Gasteiger partial charge in [-0.15, -0.1) is 0 Å². The lowest BCUT2D eigenvalue weighted by Crippen LogP contribution is -2.19. The summed E-state index contributed by atoms with van der Waals surface area (Å²) >= 11 is 0. The van der Waals surface area contributed by atoms with Gasteiger partial charge in [0.2, 0.25) is 0 Å². The van der Waals surface area contributed by atoms with Crippen LogP contribution < -0.4 is 0 Å². The average molecular weight is 459 g/mol. The summed E-state index contributed by atoms with van der Waals surface area (Å²) < 4.78 is 4.11. The van der Waals surface area contributed by atoms with Crippen LogP contribution in [0.25, 0.3) is 11.3 Å². The molecule has 0 aromatic carbocycles. The van der Waals surface area contributed by atoms with E-state index in [9.17, 15) is 0 Å². The standard InChI is InChI=1S/C28H38N6/c1-17(21-14-24(28(6,7)8)34-26(30-21)18(2)16-29-34)9-12-20-13-25-31-23(27(3,4)5)15-22(19-10-11-19)33(25)32-20/h13-17,19H,9-12H2,1-8H3. The van der Waals surface area contributed by atoms with Gasteiger partial charge in [0, 0.05) is 39.8 Å². The summed E-state index contributed by atoms with van der Waals surface area (Å²) in [6.45, 7) is 17.8. The molecular weight excluding hydrogens is 420 g/mol. The van der Waals surface area contributed by atoms with E-state index in [0.29, 0.717) is 11.8 Å². The van der Waals surface area contributed by atoms with Crippen LogP contribution in [0.15, 0.2) is 24.4 Å². The van der Waals surface area contributed by atoms with Crippen molar-refractivity contribution in [3.05, 3.63) is 58.4 Å². The van der Waals surface area contributed by atoms with E-state index < -0.39 is 0 Å². The first-order valence-corrected chi connectivity index (χ1v) is 12.7. The van der Waals surface area contributed by atoms with Crippen molar-refractivity contribution >= 4 is 11.3 Å². The van der Waals surface area contributed by atoms with Gasteiger partial charge in [-0.2, -0.15) is 10.2 Å². The Labute approximate surface area is 202 Å². The number of rotatable bonds is 5. The van der Waals surface area contributed by atoms with Crippen molar-refractivity contribution in [1.82, 2.24) is 29.2 Å². The van der Waals surface area contributed by atoms with Gasteiger partial charge in [0.1, 0.15) is 0 Å². The van der Waals surface area contributed by atoms with Gasteiger partial charge in [0.25, 0.3) is 0 Å². The van der Waals surface area contributed by atoms with E-state index in [-0.39, 0.29) is 10.8 Å². The molecule has 5 rings (SSSR count). The number of aromatic nitrogens is 6. The van der Waals surface area contributed by atoms with Crippen molar-refractivity contribution in [3.8, 4) is 0 Å². The molecule has 34 heavy (non-hydrogen) atoms. The monoisotopic (exact) mass is 458 g/mol. The second-order valence-corrected chi connectivity index (χ2v) is 12.3. The largest absolute Gasteiger partial charge is 0.233 e. The predicted molar refractivity (Wildman–Crippen MR) is 137 cm³/mol. The molecule has 1 fully saturated rings. The summed E-state index contributed by atoms with van der Waals surface area (Å²) in [7, 11) is 0. The van der Waals surface area contributed by atoms with E-state index in [1.807, 2.05) is 10.7 Å². The van der Waals surface area contributed by atoms with Crippen LogP contribution in [0, 0.1) is 6.92 Å². The first-order chi connectivity index (χ1) is 15.9. The molecule has 0 bridgehead atoms. The molecule has 0 amide bonds. The Hall–Kier alpha value is -2.76. The van der Waals surface area contributed by atoms with Crippen LogP contribution >= 0.6 is 0 Å². The minimum absolute atomic E-state index is 0.00857. The number of nitrogens with zero attached hydrogens (tertiary/aromatic N) is 6. The zero-order chi connectivity index (χ0) is 24.4. The lowest BCUT2D eigenvalue weighted by molar-refractivity contribution is 0.540. The summed E-state index contributed by atoms with van der Waals surface area (Å²) in [5.74, 6) is 0.954. The first-order valence-electron chi connectivity index (χ1n) is 12.7. The first kappa shape index (κ1) is 23.0. The minimum atomic E-state index is -0.00857. The van der Waals surface area contributed by atoms with Crippen molar-refractivity contribution in [2.45, 2.75) is 104 Å². The Kier molecular flexibility index (Phi) is 5.34. The second kappa shape index (κ2) is 7.89. The maximum absolute atomic E-state index is 5.01. The van der Waals surface area contributed by atoms with Crippen LogP contribution in [0.1, 0.15) is 114 Å². The van der Waals surface area contributed by atoms with Gasteiger partial charge in [-0.3, -0.25) is 0 Å². The van der Waals surface area contributed by atoms with Crippen molar-refractivity contribution in [2.75, 3.05) is 0 Å². The molecule has 0 saturated heterocycles. The van der Waals surface area contributed by atoms with E-state index in [1.54, 1.807) is 0 Å². The van der Waals surface area contributed by atoms with E-state index in [0.717, 1.165) is 46.8 Å². The second-order valence-electron chi connectivity index (χ2n) is 12.3. The van der Waals surface area contributed by atoms with Crippen molar-refractivity contribution in [2.24, 2.45) is 0 Å². The molecule has 4 aromatic rings. The van der Waals surface area contributed by atoms with E-state index in [4.69, 9.17) is 15.1 Å².